The van der Waals surface area contributed by atoms with E-state index in [2.05, 4.69) is 32.8 Å². The van der Waals surface area contributed by atoms with Gasteiger partial charge in [0.15, 0.2) is 5.82 Å². The van der Waals surface area contributed by atoms with Crippen LogP contribution in [0.25, 0.3) is 10.9 Å². The first-order valence-electron chi connectivity index (χ1n) is 8.22. The van der Waals surface area contributed by atoms with Crippen LogP contribution >= 0.6 is 0 Å². The van der Waals surface area contributed by atoms with Crippen molar-refractivity contribution in [3.05, 3.63) is 23.8 Å². The maximum Gasteiger partial charge on any atom is 0.155 e. The number of hydrogen-bond acceptors (Lipinski definition) is 5. The molecule has 0 radical (unpaired) electrons. The molecule has 0 bridgehead atoms. The van der Waals surface area contributed by atoms with Crippen molar-refractivity contribution in [3.63, 3.8) is 0 Å². The zero-order valence-corrected chi connectivity index (χ0v) is 13.2. The summed E-state index contributed by atoms with van der Waals surface area (Å²) in [5.74, 6) is 1.87. The van der Waals surface area contributed by atoms with Gasteiger partial charge in [0.1, 0.15) is 11.3 Å². The first-order chi connectivity index (χ1) is 10.6. The lowest BCUT2D eigenvalue weighted by atomic mass is 9.72. The van der Waals surface area contributed by atoms with E-state index in [1.165, 1.54) is 25.9 Å². The van der Waals surface area contributed by atoms with E-state index in [9.17, 15) is 0 Å². The van der Waals surface area contributed by atoms with Gasteiger partial charge in [0, 0.05) is 54.9 Å². The number of aryl methyl sites for hydroxylation is 2. The molecule has 0 atom stereocenters. The molecule has 4 heterocycles. The van der Waals surface area contributed by atoms with Crippen LogP contribution in [-0.4, -0.2) is 52.1 Å². The zero-order chi connectivity index (χ0) is 14.9. The number of pyridine rings is 1. The number of rotatable bonds is 2. The van der Waals surface area contributed by atoms with E-state index in [0.717, 1.165) is 47.4 Å². The summed E-state index contributed by atoms with van der Waals surface area (Å²) in [5.41, 5.74) is 2.58. The van der Waals surface area contributed by atoms with Gasteiger partial charge in [0.2, 0.25) is 0 Å². The van der Waals surface area contributed by atoms with Gasteiger partial charge in [0.05, 0.1) is 0 Å². The summed E-state index contributed by atoms with van der Waals surface area (Å²) in [6.07, 6.45) is 4.75. The van der Waals surface area contributed by atoms with E-state index >= 15 is 0 Å². The van der Waals surface area contributed by atoms with Gasteiger partial charge in [-0.15, -0.1) is 0 Å². The fourth-order valence-corrected chi connectivity index (χ4v) is 4.09. The standard InChI is InChI=1S/C17H21N5/c1-11-5-13-6-18-12(2)20-15(13)16(19-11)22-9-17(10-22)7-21(8-17)14-3-4-14/h5-6,14H,3-4,7-10H2,1-2H3. The predicted molar refractivity (Wildman–Crippen MR) is 86.0 cm³/mol. The first kappa shape index (κ1) is 12.8. The fraction of sp³-hybridized carbons (Fsp3) is 0.588. The van der Waals surface area contributed by atoms with Crippen molar-refractivity contribution in [2.75, 3.05) is 31.1 Å². The van der Waals surface area contributed by atoms with Crippen LogP contribution in [0, 0.1) is 19.3 Å². The minimum Gasteiger partial charge on any atom is -0.353 e. The third kappa shape index (κ3) is 1.85. The van der Waals surface area contributed by atoms with Crippen LogP contribution in [0.4, 0.5) is 5.82 Å². The minimum absolute atomic E-state index is 0.530. The van der Waals surface area contributed by atoms with Crippen molar-refractivity contribution >= 4 is 16.7 Å². The second kappa shape index (κ2) is 4.16. The monoisotopic (exact) mass is 295 g/mol. The minimum atomic E-state index is 0.530. The van der Waals surface area contributed by atoms with Crippen molar-refractivity contribution in [1.82, 2.24) is 19.9 Å². The van der Waals surface area contributed by atoms with Gasteiger partial charge in [-0.3, -0.25) is 4.90 Å². The highest BCUT2D eigenvalue weighted by Crippen LogP contribution is 2.46. The Morgan fingerprint density at radius 2 is 1.86 bits per heavy atom. The molecule has 22 heavy (non-hydrogen) atoms. The molecule has 2 aromatic heterocycles. The second-order valence-corrected chi connectivity index (χ2v) is 7.43. The molecule has 5 nitrogen and oxygen atoms in total. The Morgan fingerprint density at radius 1 is 1.09 bits per heavy atom. The van der Waals surface area contributed by atoms with Gasteiger partial charge < -0.3 is 4.90 Å². The SMILES string of the molecule is Cc1cc2cnc(C)nc2c(N2CC3(C2)CN(C2CC2)C3)n1. The molecular formula is C17H21N5. The van der Waals surface area contributed by atoms with E-state index in [0.29, 0.717) is 5.41 Å². The van der Waals surface area contributed by atoms with Gasteiger partial charge in [-0.2, -0.15) is 0 Å². The third-order valence-corrected chi connectivity index (χ3v) is 5.29. The molecule has 5 heteroatoms. The Morgan fingerprint density at radius 3 is 2.59 bits per heavy atom. The van der Waals surface area contributed by atoms with Gasteiger partial charge in [-0.1, -0.05) is 0 Å². The fourth-order valence-electron chi connectivity index (χ4n) is 4.09. The molecule has 0 unspecified atom stereocenters. The van der Waals surface area contributed by atoms with Crippen LogP contribution in [0.15, 0.2) is 12.3 Å². The maximum atomic E-state index is 4.78. The summed E-state index contributed by atoms with van der Waals surface area (Å²) < 4.78 is 0. The molecule has 1 aliphatic carbocycles. The van der Waals surface area contributed by atoms with Crippen LogP contribution in [0.3, 0.4) is 0 Å². The molecule has 2 aromatic rings. The Kier molecular flexibility index (Phi) is 2.41. The van der Waals surface area contributed by atoms with Gasteiger partial charge in [0.25, 0.3) is 0 Å². The molecule has 2 aliphatic heterocycles. The van der Waals surface area contributed by atoms with Crippen molar-refractivity contribution in [2.24, 2.45) is 5.41 Å². The van der Waals surface area contributed by atoms with Crippen LogP contribution in [0.5, 0.6) is 0 Å². The molecule has 2 saturated heterocycles. The molecule has 114 valence electrons. The normalized spacial score (nSPS) is 23.6. The van der Waals surface area contributed by atoms with E-state index in [1.807, 2.05) is 13.1 Å². The molecule has 1 spiro atoms. The maximum absolute atomic E-state index is 4.78. The number of likely N-dealkylation sites (tertiary alicyclic amines) is 1. The smallest absolute Gasteiger partial charge is 0.155 e. The van der Waals surface area contributed by atoms with E-state index < -0.39 is 0 Å². The third-order valence-electron chi connectivity index (χ3n) is 5.29. The van der Waals surface area contributed by atoms with E-state index in [-0.39, 0.29) is 0 Å². The predicted octanol–water partition coefficient (Wildman–Crippen LogP) is 1.93. The number of anilines is 1. The van der Waals surface area contributed by atoms with Gasteiger partial charge >= 0.3 is 0 Å². The Balaban J connectivity index is 1.42. The van der Waals surface area contributed by atoms with Crippen LogP contribution < -0.4 is 4.90 Å². The number of fused-ring (bicyclic) bond motifs is 1. The molecule has 1 saturated carbocycles. The van der Waals surface area contributed by atoms with E-state index in [1.54, 1.807) is 0 Å². The summed E-state index contributed by atoms with van der Waals surface area (Å²) in [5, 5.41) is 1.10. The quantitative estimate of drug-likeness (QED) is 0.847. The molecular weight excluding hydrogens is 274 g/mol. The Bertz CT molecular complexity index is 753. The van der Waals surface area contributed by atoms with Crippen molar-refractivity contribution in [3.8, 4) is 0 Å². The lowest BCUT2D eigenvalue weighted by Crippen LogP contribution is -2.72. The average Bonchev–Trinajstić information content (AvgIpc) is 3.20. The molecule has 3 aliphatic rings. The lowest BCUT2D eigenvalue weighted by molar-refractivity contribution is -0.0277. The number of nitrogens with zero attached hydrogens (tertiary/aromatic N) is 5. The highest BCUT2D eigenvalue weighted by Gasteiger charge is 2.55. The number of hydrogen-bond donors (Lipinski definition) is 0. The first-order valence-corrected chi connectivity index (χ1v) is 8.22. The second-order valence-electron chi connectivity index (χ2n) is 7.43. The molecule has 3 fully saturated rings. The summed E-state index contributed by atoms with van der Waals surface area (Å²) in [7, 11) is 0. The molecule has 5 rings (SSSR count). The van der Waals surface area contributed by atoms with Crippen LogP contribution in [-0.2, 0) is 0 Å². The van der Waals surface area contributed by atoms with Crippen molar-refractivity contribution < 1.29 is 0 Å². The van der Waals surface area contributed by atoms with Crippen molar-refractivity contribution in [1.29, 1.82) is 0 Å². The highest BCUT2D eigenvalue weighted by molar-refractivity contribution is 5.89. The summed E-state index contributed by atoms with van der Waals surface area (Å²) in [4.78, 5) is 18.8. The summed E-state index contributed by atoms with van der Waals surface area (Å²) in [6.45, 7) is 8.82. The zero-order valence-electron chi connectivity index (χ0n) is 13.2. The van der Waals surface area contributed by atoms with Crippen molar-refractivity contribution in [2.45, 2.75) is 32.7 Å². The topological polar surface area (TPSA) is 45.2 Å². The lowest BCUT2D eigenvalue weighted by Gasteiger charge is -2.61. The Labute approximate surface area is 130 Å². The van der Waals surface area contributed by atoms with E-state index in [4.69, 9.17) is 4.98 Å². The number of aromatic nitrogens is 3. The Hall–Kier alpha value is -1.75. The van der Waals surface area contributed by atoms with Crippen LogP contribution in [0.1, 0.15) is 24.4 Å². The van der Waals surface area contributed by atoms with Crippen LogP contribution in [0.2, 0.25) is 0 Å². The molecule has 0 amide bonds. The average molecular weight is 295 g/mol. The summed E-state index contributed by atoms with van der Waals surface area (Å²) in [6, 6.07) is 2.99. The summed E-state index contributed by atoms with van der Waals surface area (Å²) >= 11 is 0. The van der Waals surface area contributed by atoms with Gasteiger partial charge in [-0.25, -0.2) is 15.0 Å². The highest BCUT2D eigenvalue weighted by atomic mass is 15.4. The largest absolute Gasteiger partial charge is 0.353 e. The van der Waals surface area contributed by atoms with Gasteiger partial charge in [-0.05, 0) is 32.8 Å². The molecule has 0 N–H and O–H groups in total. The molecule has 0 aromatic carbocycles.